The molecule has 9 nitrogen and oxygen atoms in total. The fraction of sp³-hybridized carbons (Fsp3) is 0.238. The predicted octanol–water partition coefficient (Wildman–Crippen LogP) is 3.44. The van der Waals surface area contributed by atoms with E-state index in [1.54, 1.807) is 0 Å². The zero-order valence-corrected chi connectivity index (χ0v) is 19.6. The Hall–Kier alpha value is -3.79. The number of carboxylic acids is 1. The summed E-state index contributed by atoms with van der Waals surface area (Å²) in [6.45, 7) is 1.53. The fourth-order valence-corrected chi connectivity index (χ4v) is 3.21. The van der Waals surface area contributed by atoms with Gasteiger partial charge in [0.1, 0.15) is 12.3 Å². The topological polar surface area (TPSA) is 168 Å². The van der Waals surface area contributed by atoms with Crippen LogP contribution in [0.15, 0.2) is 53.4 Å². The zero-order chi connectivity index (χ0) is 28.6. The van der Waals surface area contributed by atoms with Crippen molar-refractivity contribution in [2.24, 2.45) is 5.73 Å². The Morgan fingerprint density at radius 1 is 1.05 bits per heavy atom. The van der Waals surface area contributed by atoms with Gasteiger partial charge in [-0.15, -0.1) is 13.2 Å². The molecule has 0 aromatic heterocycles. The van der Waals surface area contributed by atoms with Crippen LogP contribution >= 0.6 is 0 Å². The average Bonchev–Trinajstić information content (AvgIpc) is 2.77. The summed E-state index contributed by atoms with van der Waals surface area (Å²) in [5.41, 5.74) is 1.67. The maximum Gasteiger partial charge on any atom is 0.578 e. The van der Waals surface area contributed by atoms with Gasteiger partial charge in [0.15, 0.2) is 4.90 Å². The number of amidine groups is 1. The number of nitrogens with two attached hydrogens (primary N) is 1. The van der Waals surface area contributed by atoms with Crippen molar-refractivity contribution >= 4 is 40.5 Å². The van der Waals surface area contributed by atoms with E-state index in [0.29, 0.717) is 16.8 Å². The quantitative estimate of drug-likeness (QED) is 0.116. The molecule has 0 saturated heterocycles. The molecule has 0 radical (unpaired) electrons. The first-order chi connectivity index (χ1) is 16.9. The molecule has 6 N–H and O–H groups in total. The number of carbonyl (C=O) groups excluding carboxylic acids is 2. The Labute approximate surface area is 208 Å². The van der Waals surface area contributed by atoms with Crippen LogP contribution in [0.5, 0.6) is 0 Å². The van der Waals surface area contributed by atoms with Gasteiger partial charge in [-0.2, -0.15) is 13.2 Å². The summed E-state index contributed by atoms with van der Waals surface area (Å²) in [7, 11) is 0. The molecule has 0 fully saturated rings. The summed E-state index contributed by atoms with van der Waals surface area (Å²) >= 11 is -3.17. The molecule has 16 heteroatoms. The van der Waals surface area contributed by atoms with E-state index in [-0.39, 0.29) is 5.84 Å². The van der Waals surface area contributed by atoms with Gasteiger partial charge in [0.25, 0.3) is 0 Å². The third kappa shape index (κ3) is 10.8. The molecule has 2 atom stereocenters. The lowest BCUT2D eigenvalue weighted by Gasteiger charge is -2.17. The van der Waals surface area contributed by atoms with E-state index >= 15 is 0 Å². The minimum absolute atomic E-state index is 0.121. The minimum atomic E-state index is -5.08. The van der Waals surface area contributed by atoms with Crippen molar-refractivity contribution in [2.75, 3.05) is 5.32 Å². The smallest absolute Gasteiger partial charge is 0.578 e. The molecule has 0 aliphatic heterocycles. The second kappa shape index (κ2) is 13.0. The van der Waals surface area contributed by atoms with Gasteiger partial charge in [0.05, 0.1) is 17.2 Å². The molecule has 0 aliphatic rings. The Bertz CT molecular complexity index is 1130. The van der Waals surface area contributed by atoms with Gasteiger partial charge in [-0.1, -0.05) is 12.1 Å². The summed E-state index contributed by atoms with van der Waals surface area (Å²) in [6.07, 6.45) is -5.59. The van der Waals surface area contributed by atoms with Crippen LogP contribution in [-0.4, -0.2) is 45.0 Å². The largest absolute Gasteiger partial charge is 0.604 e. The van der Waals surface area contributed by atoms with E-state index in [2.05, 4.69) is 10.6 Å². The van der Waals surface area contributed by atoms with Gasteiger partial charge in [0, 0.05) is 11.3 Å². The van der Waals surface area contributed by atoms with Gasteiger partial charge < -0.3 is 26.0 Å². The molecule has 2 aromatic rings. The maximum absolute atomic E-state index is 12.6. The molecule has 2 amide bonds. The van der Waals surface area contributed by atoms with Crippen molar-refractivity contribution in [3.8, 4) is 0 Å². The number of halogens is 6. The molecule has 202 valence electrons. The van der Waals surface area contributed by atoms with Crippen LogP contribution in [-0.2, 0) is 25.6 Å². The lowest BCUT2D eigenvalue weighted by Crippen LogP contribution is -2.30. The number of carboxylic acid groups (broad SMARTS) is 1. The molecule has 0 bridgehead atoms. The highest BCUT2D eigenvalue weighted by Crippen LogP contribution is 2.31. The standard InChI is InChI=1S/C19H19F3N4O3S.C2HF3O2/c1-11(13-3-2-4-15(9-13)30(29)19(20,21)22)25-16(27)10-17(28)26-14-7-5-12(6-8-14)18(23)24;3-2(4,5)1(6)7/h2-9,11H,10H2,1H3,(H3,23,24)(H,25,27)(H,26,28);(H,6,7). The summed E-state index contributed by atoms with van der Waals surface area (Å²) < 4.78 is 81.1. The molecular formula is C21H20F6N4O5S. The number of benzene rings is 2. The lowest BCUT2D eigenvalue weighted by atomic mass is 10.1. The second-order valence-electron chi connectivity index (χ2n) is 7.10. The van der Waals surface area contributed by atoms with Crippen LogP contribution in [0.2, 0.25) is 0 Å². The number of anilines is 1. The van der Waals surface area contributed by atoms with Crippen molar-refractivity contribution in [3.05, 3.63) is 59.7 Å². The maximum atomic E-state index is 12.6. The molecule has 0 saturated carbocycles. The van der Waals surface area contributed by atoms with Crippen LogP contribution in [0, 0.1) is 5.41 Å². The van der Waals surface area contributed by atoms with E-state index in [9.17, 15) is 40.5 Å². The molecule has 0 heterocycles. The van der Waals surface area contributed by atoms with Gasteiger partial charge in [-0.3, -0.25) is 15.0 Å². The lowest BCUT2D eigenvalue weighted by molar-refractivity contribution is -0.192. The summed E-state index contributed by atoms with van der Waals surface area (Å²) in [5, 5.41) is 19.5. The van der Waals surface area contributed by atoms with Crippen molar-refractivity contribution in [1.29, 1.82) is 5.41 Å². The SMILES string of the molecule is CC(NC(=O)CC(=O)Nc1ccc(C(=N)N)cc1)c1cccc([S+]([O-])C(F)(F)F)c1.O=C(O)C(F)(F)F. The van der Waals surface area contributed by atoms with Gasteiger partial charge in [-0.05, 0) is 48.9 Å². The number of carbonyl (C=O) groups is 3. The number of aliphatic carboxylic acids is 1. The molecule has 0 spiro atoms. The van der Waals surface area contributed by atoms with E-state index in [1.165, 1.54) is 43.3 Å². The van der Waals surface area contributed by atoms with E-state index in [1.807, 2.05) is 0 Å². The molecule has 37 heavy (non-hydrogen) atoms. The first kappa shape index (κ1) is 31.2. The highest BCUT2D eigenvalue weighted by atomic mass is 32.2. The summed E-state index contributed by atoms with van der Waals surface area (Å²) in [6, 6.07) is 10.4. The summed E-state index contributed by atoms with van der Waals surface area (Å²) in [5.74, 6) is -4.11. The van der Waals surface area contributed by atoms with Crippen LogP contribution in [0.3, 0.4) is 0 Å². The van der Waals surface area contributed by atoms with Crippen molar-refractivity contribution in [3.63, 3.8) is 0 Å². The van der Waals surface area contributed by atoms with Gasteiger partial charge >= 0.3 is 17.7 Å². The molecular weight excluding hydrogens is 534 g/mol. The number of amides is 2. The van der Waals surface area contributed by atoms with Crippen LogP contribution in [0.1, 0.15) is 30.5 Å². The molecule has 2 rings (SSSR count). The van der Waals surface area contributed by atoms with E-state index in [4.69, 9.17) is 21.0 Å². The van der Waals surface area contributed by atoms with Gasteiger partial charge in [-0.25, -0.2) is 4.79 Å². The van der Waals surface area contributed by atoms with E-state index < -0.39 is 58.0 Å². The number of rotatable bonds is 7. The highest BCUT2D eigenvalue weighted by molar-refractivity contribution is 7.92. The number of alkyl halides is 6. The highest BCUT2D eigenvalue weighted by Gasteiger charge is 2.46. The Morgan fingerprint density at radius 3 is 2.05 bits per heavy atom. The summed E-state index contributed by atoms with van der Waals surface area (Å²) in [4.78, 5) is 32.6. The molecule has 2 unspecified atom stereocenters. The number of hydrogen-bond acceptors (Lipinski definition) is 5. The predicted molar refractivity (Wildman–Crippen MR) is 120 cm³/mol. The van der Waals surface area contributed by atoms with Crippen LogP contribution < -0.4 is 16.4 Å². The minimum Gasteiger partial charge on any atom is -0.604 e. The van der Waals surface area contributed by atoms with Crippen LogP contribution in [0.4, 0.5) is 32.0 Å². The first-order valence-corrected chi connectivity index (χ1v) is 11.0. The average molecular weight is 554 g/mol. The number of nitrogen functional groups attached to an aromatic ring is 1. The van der Waals surface area contributed by atoms with Crippen molar-refractivity contribution in [2.45, 2.75) is 36.0 Å². The third-order valence-electron chi connectivity index (χ3n) is 4.20. The van der Waals surface area contributed by atoms with Crippen molar-refractivity contribution in [1.82, 2.24) is 5.32 Å². The Kier molecular flexibility index (Phi) is 10.9. The monoisotopic (exact) mass is 554 g/mol. The van der Waals surface area contributed by atoms with Crippen LogP contribution in [0.25, 0.3) is 0 Å². The normalized spacial score (nSPS) is 12.9. The number of nitrogens with one attached hydrogen (secondary N) is 3. The first-order valence-electron chi connectivity index (χ1n) is 9.84. The van der Waals surface area contributed by atoms with Crippen molar-refractivity contribution < 1.29 is 50.4 Å². The second-order valence-corrected chi connectivity index (χ2v) is 8.57. The molecule has 2 aromatic carbocycles. The Morgan fingerprint density at radius 2 is 1.59 bits per heavy atom. The zero-order valence-electron chi connectivity index (χ0n) is 18.7. The fourth-order valence-electron chi connectivity index (χ4n) is 2.49. The van der Waals surface area contributed by atoms with Gasteiger partial charge in [0.2, 0.25) is 11.8 Å². The van der Waals surface area contributed by atoms with E-state index in [0.717, 1.165) is 12.1 Å². The molecule has 0 aliphatic carbocycles. The number of hydrogen-bond donors (Lipinski definition) is 5. The Balaban J connectivity index is 0.000000856. The third-order valence-corrected chi connectivity index (χ3v) is 5.31.